The molecule has 4 aliphatic heterocycles. The highest BCUT2D eigenvalue weighted by molar-refractivity contribution is 7.06. The summed E-state index contributed by atoms with van der Waals surface area (Å²) in [6, 6.07) is 12.9. The van der Waals surface area contributed by atoms with Crippen LogP contribution in [0.5, 0.6) is 6.01 Å². The maximum absolute atomic E-state index is 13.0. The molecule has 0 atom stereocenters. The largest absolute Gasteiger partial charge is 0.461 e. The number of piperazine rings is 1. The van der Waals surface area contributed by atoms with Gasteiger partial charge < -0.3 is 19.4 Å². The molecule has 0 unspecified atom stereocenters. The number of benzene rings is 2. The fraction of sp³-hybridized carbons (Fsp3) is 0.457. The lowest BCUT2D eigenvalue weighted by Gasteiger charge is -2.38. The topological polar surface area (TPSA) is 90.8 Å². The first kappa shape index (κ1) is 30.5. The molecule has 0 spiro atoms. The Morgan fingerprint density at radius 2 is 1.77 bits per heavy atom. The number of ether oxygens (including phenoxy) is 1. The Kier molecular flexibility index (Phi) is 8.23. The van der Waals surface area contributed by atoms with Gasteiger partial charge in [0.2, 0.25) is 5.91 Å². The molecule has 0 radical (unpaired) electrons. The number of rotatable bonds is 7. The van der Waals surface area contributed by atoms with Crippen LogP contribution >= 0.6 is 23.1 Å². The molecule has 4 aliphatic rings. The zero-order valence-corrected chi connectivity index (χ0v) is 28.3. The van der Waals surface area contributed by atoms with Gasteiger partial charge in [-0.2, -0.15) is 14.3 Å². The molecule has 0 bridgehead atoms. The molecule has 8 rings (SSSR count). The van der Waals surface area contributed by atoms with E-state index in [1.807, 2.05) is 24.0 Å². The molecule has 0 aliphatic carbocycles. The van der Waals surface area contributed by atoms with Crippen LogP contribution in [0, 0.1) is 6.92 Å². The van der Waals surface area contributed by atoms with E-state index in [1.54, 1.807) is 12.2 Å². The monoisotopic (exact) mass is 670 g/mol. The predicted octanol–water partition coefficient (Wildman–Crippen LogP) is 5.38. The minimum absolute atomic E-state index is 0.00688. The van der Waals surface area contributed by atoms with Crippen LogP contribution in [0.1, 0.15) is 47.8 Å². The van der Waals surface area contributed by atoms with E-state index in [0.717, 1.165) is 69.9 Å². The number of fused-ring (bicyclic) bond motifs is 3. The van der Waals surface area contributed by atoms with Crippen LogP contribution in [0.15, 0.2) is 42.5 Å². The number of hydrogen-bond donors (Lipinski definition) is 0. The first-order valence-electron chi connectivity index (χ1n) is 16.7. The van der Waals surface area contributed by atoms with Crippen molar-refractivity contribution >= 4 is 57.4 Å². The third kappa shape index (κ3) is 5.93. The molecule has 3 saturated heterocycles. The minimum Gasteiger partial charge on any atom is -0.461 e. The Balaban J connectivity index is 1.05. The molecule has 3 fully saturated rings. The third-order valence-electron chi connectivity index (χ3n) is 10.3. The molecular formula is C35H39ClN8O2S. The number of carbonyl (C=O) groups is 1. The van der Waals surface area contributed by atoms with E-state index in [0.29, 0.717) is 45.3 Å². The Morgan fingerprint density at radius 3 is 2.53 bits per heavy atom. The van der Waals surface area contributed by atoms with E-state index >= 15 is 0 Å². The van der Waals surface area contributed by atoms with Gasteiger partial charge in [0.15, 0.2) is 0 Å². The molecule has 12 heteroatoms. The number of amides is 1. The van der Waals surface area contributed by atoms with Gasteiger partial charge in [0.05, 0.1) is 22.8 Å². The molecular weight excluding hydrogens is 632 g/mol. The van der Waals surface area contributed by atoms with Crippen molar-refractivity contribution in [1.29, 1.82) is 0 Å². The summed E-state index contributed by atoms with van der Waals surface area (Å²) in [7, 11) is 0. The zero-order valence-electron chi connectivity index (χ0n) is 26.7. The average Bonchev–Trinajstić information content (AvgIpc) is 3.81. The predicted molar refractivity (Wildman–Crippen MR) is 186 cm³/mol. The van der Waals surface area contributed by atoms with Gasteiger partial charge in [0.25, 0.3) is 0 Å². The van der Waals surface area contributed by atoms with Gasteiger partial charge in [-0.15, -0.1) is 0 Å². The molecule has 4 aromatic rings. The molecule has 47 heavy (non-hydrogen) atoms. The number of nitrogens with zero attached hydrogens (tertiary/aromatic N) is 8. The van der Waals surface area contributed by atoms with Gasteiger partial charge >= 0.3 is 6.01 Å². The highest BCUT2D eigenvalue weighted by atomic mass is 35.5. The number of carbonyl (C=O) groups excluding carboxylic acids is 1. The van der Waals surface area contributed by atoms with E-state index in [4.69, 9.17) is 26.3 Å². The maximum Gasteiger partial charge on any atom is 0.318 e. The Morgan fingerprint density at radius 1 is 0.979 bits per heavy atom. The van der Waals surface area contributed by atoms with E-state index in [-0.39, 0.29) is 11.4 Å². The number of halogens is 1. The summed E-state index contributed by atoms with van der Waals surface area (Å²) in [6.45, 7) is 8.89. The molecule has 2 aromatic heterocycles. The number of hydrogen-bond acceptors (Lipinski definition) is 10. The van der Waals surface area contributed by atoms with Gasteiger partial charge in [-0.1, -0.05) is 35.9 Å². The molecule has 0 saturated carbocycles. The quantitative estimate of drug-likeness (QED) is 0.241. The van der Waals surface area contributed by atoms with Gasteiger partial charge in [-0.05, 0) is 87.2 Å². The van der Waals surface area contributed by atoms with Crippen LogP contribution in [-0.2, 0) is 17.8 Å². The van der Waals surface area contributed by atoms with Gasteiger partial charge in [0, 0.05) is 55.4 Å². The van der Waals surface area contributed by atoms with Crippen molar-refractivity contribution in [2.75, 3.05) is 62.2 Å². The van der Waals surface area contributed by atoms with Crippen LogP contribution < -0.4 is 14.5 Å². The molecule has 6 heterocycles. The fourth-order valence-electron chi connectivity index (χ4n) is 7.89. The van der Waals surface area contributed by atoms with E-state index in [9.17, 15) is 4.79 Å². The summed E-state index contributed by atoms with van der Waals surface area (Å²) in [4.78, 5) is 36.7. The van der Waals surface area contributed by atoms with Crippen LogP contribution in [0.3, 0.4) is 0 Å². The standard InChI is InChI=1S/C35H39ClN8O2S/c1-24-37-30(47-40-24)10-11-31(45)41-18-20-42(21-19-41)33-26-12-17-43(29-9-3-7-25-6-2-8-27(36)32(25)29)22-28(26)38-34(39-33)46-23-35-13-4-15-44(35)16-5-14-35/h2-3,6-11H,4-5,12-23H2,1H3/b11-10+. The van der Waals surface area contributed by atoms with E-state index in [1.165, 1.54) is 42.8 Å². The molecule has 2 aromatic carbocycles. The lowest BCUT2D eigenvalue weighted by Crippen LogP contribution is -2.49. The highest BCUT2D eigenvalue weighted by Gasteiger charge is 2.45. The van der Waals surface area contributed by atoms with Crippen LogP contribution in [0.2, 0.25) is 5.02 Å². The van der Waals surface area contributed by atoms with E-state index < -0.39 is 0 Å². The molecule has 244 valence electrons. The van der Waals surface area contributed by atoms with Gasteiger partial charge in [-0.25, -0.2) is 4.98 Å². The highest BCUT2D eigenvalue weighted by Crippen LogP contribution is 2.40. The van der Waals surface area contributed by atoms with Crippen molar-refractivity contribution in [3.05, 3.63) is 69.6 Å². The molecule has 1 amide bonds. The van der Waals surface area contributed by atoms with Crippen molar-refractivity contribution in [1.82, 2.24) is 29.1 Å². The third-order valence-corrected chi connectivity index (χ3v) is 11.4. The first-order valence-corrected chi connectivity index (χ1v) is 17.8. The summed E-state index contributed by atoms with van der Waals surface area (Å²) in [5, 5.41) is 3.70. The Bertz CT molecular complexity index is 1820. The van der Waals surface area contributed by atoms with Crippen molar-refractivity contribution in [2.24, 2.45) is 0 Å². The molecule has 10 nitrogen and oxygen atoms in total. The van der Waals surface area contributed by atoms with E-state index in [2.05, 4.69) is 48.3 Å². The second kappa shape index (κ2) is 12.7. The fourth-order valence-corrected chi connectivity index (χ4v) is 8.73. The van der Waals surface area contributed by atoms with Crippen molar-refractivity contribution in [3.63, 3.8) is 0 Å². The summed E-state index contributed by atoms with van der Waals surface area (Å²) in [5.74, 6) is 1.66. The van der Waals surface area contributed by atoms with Crippen molar-refractivity contribution in [3.8, 4) is 6.01 Å². The first-order chi connectivity index (χ1) is 23.0. The van der Waals surface area contributed by atoms with Crippen LogP contribution in [-0.4, -0.2) is 93.0 Å². The Hall–Kier alpha value is -3.80. The lowest BCUT2D eigenvalue weighted by molar-refractivity contribution is -0.126. The summed E-state index contributed by atoms with van der Waals surface area (Å²) < 4.78 is 10.7. The van der Waals surface area contributed by atoms with Crippen LogP contribution in [0.4, 0.5) is 11.5 Å². The van der Waals surface area contributed by atoms with Crippen molar-refractivity contribution in [2.45, 2.75) is 51.1 Å². The minimum atomic E-state index is -0.00688. The lowest BCUT2D eigenvalue weighted by atomic mass is 9.95. The summed E-state index contributed by atoms with van der Waals surface area (Å²) in [5.41, 5.74) is 3.41. The van der Waals surface area contributed by atoms with Crippen molar-refractivity contribution < 1.29 is 9.53 Å². The number of aromatic nitrogens is 4. The van der Waals surface area contributed by atoms with Crippen LogP contribution in [0.25, 0.3) is 16.8 Å². The maximum atomic E-state index is 13.0. The molecule has 0 N–H and O–H groups in total. The second-order valence-corrected chi connectivity index (χ2v) is 14.3. The van der Waals surface area contributed by atoms with Gasteiger partial charge in [0.1, 0.15) is 23.3 Å². The normalized spacial score (nSPS) is 19.5. The number of anilines is 2. The van der Waals surface area contributed by atoms with Gasteiger partial charge in [-0.3, -0.25) is 9.69 Å². The smallest absolute Gasteiger partial charge is 0.318 e. The average molecular weight is 671 g/mol. The Labute approximate surface area is 284 Å². The SMILES string of the molecule is Cc1nsc(/C=C/C(=O)N2CCN(c3nc(OCC45CCCN4CCC5)nc4c3CCN(c3cccc5cccc(Cl)c35)C4)CC2)n1. The summed E-state index contributed by atoms with van der Waals surface area (Å²) in [6.07, 6.45) is 8.96. The summed E-state index contributed by atoms with van der Waals surface area (Å²) >= 11 is 8.05. The second-order valence-electron chi connectivity index (χ2n) is 13.1. The number of aryl methyl sites for hydroxylation is 1. The zero-order chi connectivity index (χ0) is 32.0.